The minimum Gasteiger partial charge on any atom is -0.387 e. The highest BCUT2D eigenvalue weighted by atomic mass is 32.2. The first-order valence-corrected chi connectivity index (χ1v) is 12.4. The lowest BCUT2D eigenvalue weighted by Crippen LogP contribution is -2.36. The Labute approximate surface area is 168 Å². The molecule has 1 fully saturated rings. The quantitative estimate of drug-likeness (QED) is 0.223. The molecule has 160 valence electrons. The van der Waals surface area contributed by atoms with Gasteiger partial charge in [-0.15, -0.1) is 11.8 Å². The molecule has 4 unspecified atom stereocenters. The zero-order valence-electron chi connectivity index (χ0n) is 14.4. The highest BCUT2D eigenvalue weighted by Gasteiger charge is 2.48. The first kappa shape index (κ1) is 23.9. The normalized spacial score (nSPS) is 25.9. The summed E-state index contributed by atoms with van der Waals surface area (Å²) in [5.41, 5.74) is 0.0104. The zero-order valence-corrected chi connectivity index (χ0v) is 17.9. The highest BCUT2D eigenvalue weighted by Crippen LogP contribution is 2.50. The van der Waals surface area contributed by atoms with Crippen molar-refractivity contribution in [3.63, 3.8) is 0 Å². The topological polar surface area (TPSA) is 192 Å². The third-order valence-electron chi connectivity index (χ3n) is 3.81. The number of H-pyrrole nitrogens is 1. The average molecular weight is 478 g/mol. The largest absolute Gasteiger partial charge is 0.469 e. The summed E-state index contributed by atoms with van der Waals surface area (Å²) in [4.78, 5) is 50.4. The van der Waals surface area contributed by atoms with E-state index >= 15 is 0 Å². The number of nitrogens with one attached hydrogen (secondary N) is 1. The fraction of sp³-hybridized carbons (Fsp3) is 0.667. The first-order valence-electron chi connectivity index (χ1n) is 7.94. The molecule has 0 amide bonds. The van der Waals surface area contributed by atoms with Crippen molar-refractivity contribution in [2.24, 2.45) is 0 Å². The SMILES string of the molecule is CCCc1cn(C2SC(COP(=O)(O)O)C(OP(=O)(O)O)C2O)c(=S)[nH]c1=O. The van der Waals surface area contributed by atoms with Crippen LogP contribution in [0.25, 0.3) is 0 Å². The number of hydrogen-bond donors (Lipinski definition) is 6. The number of phosphoric ester groups is 2. The maximum Gasteiger partial charge on any atom is 0.469 e. The van der Waals surface area contributed by atoms with Crippen LogP contribution in [0.4, 0.5) is 0 Å². The molecule has 28 heavy (non-hydrogen) atoms. The molecule has 0 aliphatic carbocycles. The summed E-state index contributed by atoms with van der Waals surface area (Å²) in [7, 11) is -9.89. The van der Waals surface area contributed by atoms with Crippen LogP contribution < -0.4 is 5.56 Å². The summed E-state index contributed by atoms with van der Waals surface area (Å²) in [6.07, 6.45) is -0.484. The Bertz CT molecular complexity index is 908. The molecule has 0 radical (unpaired) electrons. The average Bonchev–Trinajstić information content (AvgIpc) is 2.82. The van der Waals surface area contributed by atoms with Gasteiger partial charge in [0.1, 0.15) is 17.6 Å². The molecular weight excluding hydrogens is 458 g/mol. The molecule has 12 nitrogen and oxygen atoms in total. The van der Waals surface area contributed by atoms with Crippen molar-refractivity contribution < 1.29 is 42.9 Å². The summed E-state index contributed by atoms with van der Waals surface area (Å²) < 4.78 is 32.6. The monoisotopic (exact) mass is 478 g/mol. The van der Waals surface area contributed by atoms with Gasteiger partial charge in [-0.2, -0.15) is 0 Å². The van der Waals surface area contributed by atoms with Crippen LogP contribution >= 0.6 is 39.6 Å². The van der Waals surface area contributed by atoms with Gasteiger partial charge in [0, 0.05) is 11.8 Å². The van der Waals surface area contributed by atoms with E-state index in [9.17, 15) is 19.0 Å². The number of thioether (sulfide) groups is 1. The van der Waals surface area contributed by atoms with E-state index in [0.29, 0.717) is 18.4 Å². The molecular formula is C12H20N2O10P2S2. The van der Waals surface area contributed by atoms with Crippen molar-refractivity contribution >= 4 is 39.6 Å². The van der Waals surface area contributed by atoms with E-state index in [1.165, 1.54) is 10.8 Å². The van der Waals surface area contributed by atoms with Crippen molar-refractivity contribution in [2.75, 3.05) is 6.61 Å². The van der Waals surface area contributed by atoms with E-state index in [4.69, 9.17) is 31.8 Å². The number of hydrogen-bond acceptors (Lipinski definition) is 8. The molecule has 16 heteroatoms. The van der Waals surface area contributed by atoms with E-state index in [0.717, 1.165) is 11.8 Å². The summed E-state index contributed by atoms with van der Waals surface area (Å²) in [6.45, 7) is 1.22. The van der Waals surface area contributed by atoms with Crippen LogP contribution in [-0.4, -0.2) is 58.3 Å². The van der Waals surface area contributed by atoms with Crippen molar-refractivity contribution in [3.05, 3.63) is 26.9 Å². The lowest BCUT2D eigenvalue weighted by Gasteiger charge is -2.23. The summed E-state index contributed by atoms with van der Waals surface area (Å²) in [5.74, 6) is 0. The Hall–Kier alpha value is -0.370. The Balaban J connectivity index is 2.39. The standard InChI is InChI=1S/C12H20N2O10P2S2/c1-2-3-6-4-14(12(27)13-10(6)16)11-8(15)9(24-26(20,21)22)7(28-11)5-23-25(17,18)19/h4,7-9,11,15H,2-3,5H2,1H3,(H,13,16,27)(H2,17,18,19)(H2,20,21,22). The minimum absolute atomic E-state index is 0.0344. The second kappa shape index (κ2) is 9.19. The fourth-order valence-corrected chi connectivity index (χ4v) is 5.65. The van der Waals surface area contributed by atoms with Crippen molar-refractivity contribution in [2.45, 2.75) is 42.6 Å². The van der Waals surface area contributed by atoms with Crippen LogP contribution in [0.2, 0.25) is 0 Å². The molecule has 4 atom stereocenters. The van der Waals surface area contributed by atoms with E-state index in [2.05, 4.69) is 14.0 Å². The lowest BCUT2D eigenvalue weighted by atomic mass is 10.1. The Kier molecular flexibility index (Phi) is 7.85. The third kappa shape index (κ3) is 6.31. The number of aryl methyl sites for hydroxylation is 1. The van der Waals surface area contributed by atoms with Gasteiger partial charge in [-0.3, -0.25) is 18.8 Å². The van der Waals surface area contributed by atoms with Crippen LogP contribution in [0, 0.1) is 4.77 Å². The molecule has 0 saturated carbocycles. The van der Waals surface area contributed by atoms with Crippen LogP contribution in [0.3, 0.4) is 0 Å². The highest BCUT2D eigenvalue weighted by molar-refractivity contribution is 8.00. The van der Waals surface area contributed by atoms with Gasteiger partial charge in [-0.25, -0.2) is 9.13 Å². The number of rotatable bonds is 8. The molecule has 0 spiro atoms. The molecule has 6 N–H and O–H groups in total. The van der Waals surface area contributed by atoms with Gasteiger partial charge < -0.3 is 29.2 Å². The smallest absolute Gasteiger partial charge is 0.387 e. The van der Waals surface area contributed by atoms with Crippen molar-refractivity contribution in [1.82, 2.24) is 9.55 Å². The van der Waals surface area contributed by atoms with Crippen LogP contribution in [0.1, 0.15) is 24.3 Å². The molecule has 1 aliphatic heterocycles. The predicted molar refractivity (Wildman–Crippen MR) is 101 cm³/mol. The zero-order chi connectivity index (χ0) is 21.3. The van der Waals surface area contributed by atoms with E-state index in [1.807, 2.05) is 6.92 Å². The van der Waals surface area contributed by atoms with Crippen LogP contribution in [-0.2, 0) is 24.6 Å². The van der Waals surface area contributed by atoms with Gasteiger partial charge in [0.25, 0.3) is 5.56 Å². The van der Waals surface area contributed by atoms with Gasteiger partial charge in [0.2, 0.25) is 0 Å². The van der Waals surface area contributed by atoms with E-state index < -0.39 is 45.1 Å². The molecule has 1 aromatic heterocycles. The predicted octanol–water partition coefficient (Wildman–Crippen LogP) is 0.420. The van der Waals surface area contributed by atoms with Gasteiger partial charge in [-0.1, -0.05) is 13.3 Å². The first-order chi connectivity index (χ1) is 12.8. The van der Waals surface area contributed by atoms with E-state index in [-0.39, 0.29) is 10.3 Å². The summed E-state index contributed by atoms with van der Waals surface area (Å²) >= 11 is 6.01. The molecule has 2 rings (SSSR count). The minimum atomic E-state index is -5.03. The van der Waals surface area contributed by atoms with Gasteiger partial charge in [-0.05, 0) is 18.6 Å². The summed E-state index contributed by atoms with van der Waals surface area (Å²) in [6, 6.07) is 0. The number of aliphatic hydroxyl groups excluding tert-OH is 1. The van der Waals surface area contributed by atoms with Gasteiger partial charge in [0.15, 0.2) is 4.77 Å². The lowest BCUT2D eigenvalue weighted by molar-refractivity contribution is 0.00867. The fourth-order valence-electron chi connectivity index (χ4n) is 2.71. The molecule has 1 aliphatic rings. The number of nitrogens with zero attached hydrogens (tertiary/aromatic N) is 1. The van der Waals surface area contributed by atoms with Crippen LogP contribution in [0.5, 0.6) is 0 Å². The molecule has 1 aromatic rings. The number of aliphatic hydroxyl groups is 1. The summed E-state index contributed by atoms with van der Waals surface area (Å²) in [5, 5.41) is 8.60. The van der Waals surface area contributed by atoms with E-state index in [1.54, 1.807) is 0 Å². The second-order valence-electron chi connectivity index (χ2n) is 5.97. The van der Waals surface area contributed by atoms with Crippen molar-refractivity contribution in [3.8, 4) is 0 Å². The number of phosphoric acid groups is 2. The third-order valence-corrected chi connectivity index (χ3v) is 6.67. The number of aromatic amines is 1. The van der Waals surface area contributed by atoms with Gasteiger partial charge in [0.05, 0.1) is 11.9 Å². The molecule has 1 saturated heterocycles. The Morgan fingerprint density at radius 1 is 1.29 bits per heavy atom. The molecule has 2 heterocycles. The Morgan fingerprint density at radius 2 is 1.93 bits per heavy atom. The Morgan fingerprint density at radius 3 is 2.46 bits per heavy atom. The maximum absolute atomic E-state index is 12.0. The molecule has 0 aromatic carbocycles. The number of aromatic nitrogens is 2. The second-order valence-corrected chi connectivity index (χ2v) is 10.2. The maximum atomic E-state index is 12.0. The van der Waals surface area contributed by atoms with Gasteiger partial charge >= 0.3 is 15.6 Å². The van der Waals surface area contributed by atoms with Crippen LogP contribution in [0.15, 0.2) is 11.0 Å². The van der Waals surface area contributed by atoms with Crippen molar-refractivity contribution in [1.29, 1.82) is 0 Å². The molecule has 0 bridgehead atoms.